The molecule has 4 N–H and O–H groups in total. The van der Waals surface area contributed by atoms with Gasteiger partial charge in [0.25, 0.3) is 0 Å². The van der Waals surface area contributed by atoms with E-state index in [9.17, 15) is 14.4 Å². The van der Waals surface area contributed by atoms with Crippen LogP contribution in [0.25, 0.3) is 32.1 Å². The van der Waals surface area contributed by atoms with Gasteiger partial charge in [0.1, 0.15) is 41.5 Å². The molecule has 3 fully saturated rings. The molecule has 1 amide bonds. The second-order valence-corrected chi connectivity index (χ2v) is 13.9. The van der Waals surface area contributed by atoms with Gasteiger partial charge in [-0.05, 0) is 55.0 Å². The van der Waals surface area contributed by atoms with Gasteiger partial charge in [0.05, 0.1) is 44.9 Å². The van der Waals surface area contributed by atoms with Gasteiger partial charge >= 0.3 is 6.01 Å². The van der Waals surface area contributed by atoms with E-state index in [1.165, 1.54) is 6.07 Å². The third-order valence-corrected chi connectivity index (χ3v) is 11.2. The summed E-state index contributed by atoms with van der Waals surface area (Å²) < 4.78 is 42.0. The maximum absolute atomic E-state index is 15.0. The van der Waals surface area contributed by atoms with Gasteiger partial charge in [-0.25, -0.2) is 8.78 Å². The Morgan fingerprint density at radius 2 is 2.13 bits per heavy atom. The summed E-state index contributed by atoms with van der Waals surface area (Å²) in [5.41, 5.74) is 8.90. The maximum Gasteiger partial charge on any atom is 0.319 e. The number of halogens is 3. The number of fused-ring (bicyclic) bond motifs is 5. The second kappa shape index (κ2) is 11.2. The molecule has 3 atom stereocenters. The number of piperidine rings is 1. The van der Waals surface area contributed by atoms with Crippen LogP contribution in [0.3, 0.4) is 0 Å². The number of carbonyl (C=O) groups excluding carboxylic acids is 1. The highest BCUT2D eigenvalue weighted by atomic mass is 35.5. The SMILES string of the molecule is N#Cc1c(N)sc2c(F)ccc(-c3c4c(c5c(N[C@H]6CCCNC6=O)nc(OC[C@@]67CCCN6C[C@H](F)C7)nc5c3Cl)COC4)c12. The fourth-order valence-electron chi connectivity index (χ4n) is 7.69. The molecular formula is C32H30ClF2N7O3S. The van der Waals surface area contributed by atoms with E-state index in [0.29, 0.717) is 59.2 Å². The predicted octanol–water partition coefficient (Wildman–Crippen LogP) is 5.43. The standard InChI is InChI=1S/C32H30ClF2N7O3S/c33-25-22(16-4-5-20(35)27-23(16)17(10-36)28(37)46-27)18-12-44-13-19(18)24-26(25)40-31(41-29(24)39-21-3-1-7-38-30(21)43)45-14-32-6-2-8-42(32)11-15(34)9-32/h4-5,15,21H,1-3,6-9,11-14,37H2,(H,38,43)(H,39,40,41)/t15-,21+,32+/m1/s1. The second-order valence-electron chi connectivity index (χ2n) is 12.5. The molecule has 0 spiro atoms. The Bertz CT molecular complexity index is 1980. The molecule has 4 aromatic rings. The van der Waals surface area contributed by atoms with Gasteiger partial charge in [-0.15, -0.1) is 11.3 Å². The number of nitrogen functional groups attached to an aromatic ring is 1. The Kier molecular flexibility index (Phi) is 7.17. The van der Waals surface area contributed by atoms with E-state index in [1.807, 2.05) is 0 Å². The van der Waals surface area contributed by atoms with Gasteiger partial charge in [0, 0.05) is 30.5 Å². The summed E-state index contributed by atoms with van der Waals surface area (Å²) in [6.45, 7) is 2.45. The van der Waals surface area contributed by atoms with E-state index < -0.39 is 23.6 Å². The summed E-state index contributed by atoms with van der Waals surface area (Å²) in [5, 5.41) is 17.6. The number of nitrogens with one attached hydrogen (secondary N) is 2. The lowest BCUT2D eigenvalue weighted by atomic mass is 9.91. The number of hydrogen-bond donors (Lipinski definition) is 3. The number of nitrogens with zero attached hydrogens (tertiary/aromatic N) is 4. The normalized spacial score (nSPS) is 24.3. The van der Waals surface area contributed by atoms with Crippen LogP contribution in [0.5, 0.6) is 6.01 Å². The van der Waals surface area contributed by atoms with Crippen LogP contribution in [0, 0.1) is 17.1 Å². The number of nitriles is 1. The lowest BCUT2D eigenvalue weighted by Crippen LogP contribution is -2.44. The van der Waals surface area contributed by atoms with Crippen LogP contribution in [-0.4, -0.2) is 64.8 Å². The molecule has 0 aliphatic carbocycles. The fourth-order valence-corrected chi connectivity index (χ4v) is 8.99. The molecule has 10 nitrogen and oxygen atoms in total. The number of hydrogen-bond acceptors (Lipinski definition) is 10. The third kappa shape index (κ3) is 4.57. The number of carbonyl (C=O) groups is 1. The Hall–Kier alpha value is -3.83. The van der Waals surface area contributed by atoms with Crippen LogP contribution in [-0.2, 0) is 22.7 Å². The zero-order valence-corrected chi connectivity index (χ0v) is 26.3. The molecule has 6 heterocycles. The van der Waals surface area contributed by atoms with Crippen molar-refractivity contribution in [2.24, 2.45) is 0 Å². The minimum absolute atomic E-state index is 0.0446. The van der Waals surface area contributed by atoms with E-state index in [2.05, 4.69) is 21.6 Å². The highest BCUT2D eigenvalue weighted by Gasteiger charge is 2.49. The minimum atomic E-state index is -0.917. The van der Waals surface area contributed by atoms with Crippen molar-refractivity contribution in [1.29, 1.82) is 5.26 Å². The Balaban J connectivity index is 1.32. The van der Waals surface area contributed by atoms with Crippen molar-refractivity contribution >= 4 is 60.7 Å². The zero-order chi connectivity index (χ0) is 31.7. The van der Waals surface area contributed by atoms with Crippen molar-refractivity contribution in [3.8, 4) is 23.2 Å². The summed E-state index contributed by atoms with van der Waals surface area (Å²) >= 11 is 8.29. The molecule has 46 heavy (non-hydrogen) atoms. The number of amides is 1. The molecule has 0 unspecified atom stereocenters. The molecular weight excluding hydrogens is 636 g/mol. The number of aromatic nitrogens is 2. The minimum Gasteiger partial charge on any atom is -0.461 e. The third-order valence-electron chi connectivity index (χ3n) is 9.80. The molecule has 8 rings (SSSR count). The molecule has 4 aliphatic rings. The van der Waals surface area contributed by atoms with Crippen LogP contribution in [0.4, 0.5) is 19.6 Å². The largest absolute Gasteiger partial charge is 0.461 e. The van der Waals surface area contributed by atoms with Gasteiger partial charge < -0.3 is 25.8 Å². The van der Waals surface area contributed by atoms with E-state index in [0.717, 1.165) is 48.3 Å². The van der Waals surface area contributed by atoms with Crippen molar-refractivity contribution in [1.82, 2.24) is 20.2 Å². The molecule has 0 bridgehead atoms. The van der Waals surface area contributed by atoms with Gasteiger partial charge in [0.2, 0.25) is 5.91 Å². The molecule has 238 valence electrons. The van der Waals surface area contributed by atoms with Crippen molar-refractivity contribution in [2.75, 3.05) is 37.3 Å². The summed E-state index contributed by atoms with van der Waals surface area (Å²) in [4.78, 5) is 24.6. The van der Waals surface area contributed by atoms with Crippen LogP contribution < -0.4 is 21.1 Å². The topological polar surface area (TPSA) is 138 Å². The molecule has 4 aliphatic heterocycles. The summed E-state index contributed by atoms with van der Waals surface area (Å²) in [7, 11) is 0. The Morgan fingerprint density at radius 1 is 1.28 bits per heavy atom. The first-order valence-corrected chi connectivity index (χ1v) is 16.6. The maximum atomic E-state index is 15.0. The Morgan fingerprint density at radius 3 is 2.96 bits per heavy atom. The van der Waals surface area contributed by atoms with E-state index in [1.54, 1.807) is 6.07 Å². The highest BCUT2D eigenvalue weighted by Crippen LogP contribution is 2.49. The number of anilines is 2. The molecule has 0 radical (unpaired) electrons. The smallest absolute Gasteiger partial charge is 0.319 e. The number of rotatable bonds is 6. The van der Waals surface area contributed by atoms with E-state index in [4.69, 9.17) is 36.8 Å². The van der Waals surface area contributed by atoms with Gasteiger partial charge in [-0.2, -0.15) is 15.2 Å². The molecule has 0 saturated carbocycles. The number of ether oxygens (including phenoxy) is 2. The van der Waals surface area contributed by atoms with E-state index >= 15 is 4.39 Å². The van der Waals surface area contributed by atoms with Crippen LogP contribution in [0.15, 0.2) is 12.1 Å². The highest BCUT2D eigenvalue weighted by molar-refractivity contribution is 7.23. The first kappa shape index (κ1) is 29.6. The van der Waals surface area contributed by atoms with Crippen molar-refractivity contribution in [2.45, 2.75) is 63.1 Å². The summed E-state index contributed by atoms with van der Waals surface area (Å²) in [6, 6.07) is 4.58. The van der Waals surface area contributed by atoms with Crippen molar-refractivity contribution in [3.05, 3.63) is 39.7 Å². The van der Waals surface area contributed by atoms with E-state index in [-0.39, 0.29) is 52.0 Å². The first-order valence-electron chi connectivity index (χ1n) is 15.4. The number of alkyl halides is 1. The predicted molar refractivity (Wildman–Crippen MR) is 171 cm³/mol. The lowest BCUT2D eigenvalue weighted by molar-refractivity contribution is -0.123. The Labute approximate surface area is 271 Å². The quantitative estimate of drug-likeness (QED) is 0.246. The average molecular weight is 666 g/mol. The first-order chi connectivity index (χ1) is 22.3. The average Bonchev–Trinajstić information content (AvgIpc) is 3.81. The fraction of sp³-hybridized carbons (Fsp3) is 0.438. The van der Waals surface area contributed by atoms with Crippen molar-refractivity contribution < 1.29 is 23.0 Å². The van der Waals surface area contributed by atoms with Crippen LogP contribution in [0.2, 0.25) is 5.02 Å². The van der Waals surface area contributed by atoms with Gasteiger partial charge in [0.15, 0.2) is 0 Å². The number of nitrogens with two attached hydrogens (primary N) is 1. The molecule has 14 heteroatoms. The summed E-state index contributed by atoms with van der Waals surface area (Å²) in [5.74, 6) is -0.237. The van der Waals surface area contributed by atoms with Gasteiger partial charge in [-0.1, -0.05) is 17.7 Å². The monoisotopic (exact) mass is 665 g/mol. The lowest BCUT2D eigenvalue weighted by Gasteiger charge is -2.31. The molecule has 2 aromatic heterocycles. The number of thiophene rings is 1. The van der Waals surface area contributed by atoms with Crippen molar-refractivity contribution in [3.63, 3.8) is 0 Å². The van der Waals surface area contributed by atoms with Gasteiger partial charge in [-0.3, -0.25) is 9.69 Å². The summed E-state index contributed by atoms with van der Waals surface area (Å²) in [6.07, 6.45) is 2.66. The number of benzene rings is 2. The molecule has 2 aromatic carbocycles. The van der Waals surface area contributed by atoms with Crippen LogP contribution in [0.1, 0.15) is 48.8 Å². The van der Waals surface area contributed by atoms with Crippen LogP contribution >= 0.6 is 22.9 Å². The zero-order valence-electron chi connectivity index (χ0n) is 24.7. The molecule has 3 saturated heterocycles.